The number of benzene rings is 1. The summed E-state index contributed by atoms with van der Waals surface area (Å²) in [5.41, 5.74) is 2.43. The number of pyridine rings is 1. The van der Waals surface area contributed by atoms with E-state index in [1.807, 2.05) is 30.3 Å². The number of carbonyl (C=O) groups is 1. The first-order valence-corrected chi connectivity index (χ1v) is 8.39. The van der Waals surface area contributed by atoms with Gasteiger partial charge in [0.2, 0.25) is 15.9 Å². The van der Waals surface area contributed by atoms with Crippen molar-refractivity contribution >= 4 is 21.6 Å². The van der Waals surface area contributed by atoms with E-state index in [9.17, 15) is 13.2 Å². The average Bonchev–Trinajstić information content (AvgIpc) is 2.90. The molecule has 114 valence electrons. The van der Waals surface area contributed by atoms with Gasteiger partial charge >= 0.3 is 0 Å². The van der Waals surface area contributed by atoms with Crippen molar-refractivity contribution in [3.8, 4) is 11.3 Å². The molecule has 1 atom stereocenters. The summed E-state index contributed by atoms with van der Waals surface area (Å²) in [5, 5.41) is 4.29. The highest BCUT2D eigenvalue weighted by molar-refractivity contribution is 7.89. The van der Waals surface area contributed by atoms with E-state index in [4.69, 9.17) is 5.14 Å². The van der Waals surface area contributed by atoms with E-state index >= 15 is 0 Å². The summed E-state index contributed by atoms with van der Waals surface area (Å²) in [6.07, 6.45) is 1.64. The molecule has 6 nitrogen and oxygen atoms in total. The molecule has 1 aliphatic rings. The zero-order valence-electron chi connectivity index (χ0n) is 11.7. The molecule has 22 heavy (non-hydrogen) atoms. The molecule has 1 saturated heterocycles. The Morgan fingerprint density at radius 2 is 1.86 bits per heavy atom. The van der Waals surface area contributed by atoms with E-state index in [-0.39, 0.29) is 18.9 Å². The Bertz CT molecular complexity index is 789. The van der Waals surface area contributed by atoms with Gasteiger partial charge in [-0.2, -0.15) is 0 Å². The zero-order valence-corrected chi connectivity index (χ0v) is 12.5. The lowest BCUT2D eigenvalue weighted by atomic mass is 10.1. The van der Waals surface area contributed by atoms with E-state index in [2.05, 4.69) is 4.98 Å². The Kier molecular flexibility index (Phi) is 3.67. The second-order valence-electron chi connectivity index (χ2n) is 5.18. The molecule has 3 rings (SSSR count). The standard InChI is InChI=1S/C15H15N3O3S/c16-22(20,21)13-9-15(19)18(10-13)12-6-4-11(5-7-12)14-3-1-2-8-17-14/h1-8,13H,9-10H2,(H2,16,20,21). The second kappa shape index (κ2) is 5.51. The number of sulfonamides is 1. The summed E-state index contributed by atoms with van der Waals surface area (Å²) in [7, 11) is -3.70. The Labute approximate surface area is 128 Å². The number of hydrogen-bond donors (Lipinski definition) is 1. The van der Waals surface area contributed by atoms with E-state index < -0.39 is 15.3 Å². The summed E-state index contributed by atoms with van der Waals surface area (Å²) >= 11 is 0. The smallest absolute Gasteiger partial charge is 0.228 e. The molecule has 1 aliphatic heterocycles. The second-order valence-corrected chi connectivity index (χ2v) is 7.03. The highest BCUT2D eigenvalue weighted by Crippen LogP contribution is 2.26. The first kappa shape index (κ1) is 14.7. The fourth-order valence-corrected chi connectivity index (χ4v) is 3.22. The molecule has 1 amide bonds. The summed E-state index contributed by atoms with van der Waals surface area (Å²) in [6, 6.07) is 12.9. The summed E-state index contributed by atoms with van der Waals surface area (Å²) < 4.78 is 22.8. The number of anilines is 1. The van der Waals surface area contributed by atoms with Crippen LogP contribution in [-0.2, 0) is 14.8 Å². The first-order chi connectivity index (χ1) is 10.4. The predicted molar refractivity (Wildman–Crippen MR) is 83.5 cm³/mol. The van der Waals surface area contributed by atoms with Crippen LogP contribution in [0.3, 0.4) is 0 Å². The maximum Gasteiger partial charge on any atom is 0.228 e. The van der Waals surface area contributed by atoms with Crippen LogP contribution < -0.4 is 10.0 Å². The first-order valence-electron chi connectivity index (χ1n) is 6.78. The van der Waals surface area contributed by atoms with Gasteiger partial charge in [0.1, 0.15) is 5.25 Å². The van der Waals surface area contributed by atoms with Crippen molar-refractivity contribution in [3.63, 3.8) is 0 Å². The van der Waals surface area contributed by atoms with Crippen molar-refractivity contribution in [2.75, 3.05) is 11.4 Å². The number of aromatic nitrogens is 1. The fourth-order valence-electron chi connectivity index (χ4n) is 2.49. The van der Waals surface area contributed by atoms with Crippen LogP contribution in [0.2, 0.25) is 0 Å². The van der Waals surface area contributed by atoms with E-state index in [0.717, 1.165) is 11.3 Å². The molecule has 1 aromatic carbocycles. The molecule has 2 N–H and O–H groups in total. The maximum atomic E-state index is 12.0. The minimum atomic E-state index is -3.70. The minimum Gasteiger partial charge on any atom is -0.311 e. The van der Waals surface area contributed by atoms with Gasteiger partial charge in [0, 0.05) is 30.4 Å². The van der Waals surface area contributed by atoms with Gasteiger partial charge in [0.25, 0.3) is 0 Å². The van der Waals surface area contributed by atoms with Gasteiger partial charge in [-0.05, 0) is 24.3 Å². The number of carbonyl (C=O) groups excluding carboxylic acids is 1. The number of amides is 1. The fraction of sp³-hybridized carbons (Fsp3) is 0.200. The predicted octanol–water partition coefficient (Wildman–Crippen LogP) is 1.14. The third-order valence-electron chi connectivity index (χ3n) is 3.69. The van der Waals surface area contributed by atoms with Crippen LogP contribution in [0, 0.1) is 0 Å². The topological polar surface area (TPSA) is 93.4 Å². The van der Waals surface area contributed by atoms with Crippen molar-refractivity contribution in [1.29, 1.82) is 0 Å². The van der Waals surface area contributed by atoms with E-state index in [1.54, 1.807) is 18.3 Å². The molecular formula is C15H15N3O3S. The monoisotopic (exact) mass is 317 g/mol. The molecule has 7 heteroatoms. The van der Waals surface area contributed by atoms with Crippen LogP contribution in [0.1, 0.15) is 6.42 Å². The summed E-state index contributed by atoms with van der Waals surface area (Å²) in [6.45, 7) is 0.0978. The van der Waals surface area contributed by atoms with Gasteiger partial charge in [-0.15, -0.1) is 0 Å². The van der Waals surface area contributed by atoms with Crippen molar-refractivity contribution < 1.29 is 13.2 Å². The SMILES string of the molecule is NS(=O)(=O)C1CC(=O)N(c2ccc(-c3ccccn3)cc2)C1. The number of hydrogen-bond acceptors (Lipinski definition) is 4. The number of nitrogens with two attached hydrogens (primary N) is 1. The van der Waals surface area contributed by atoms with Crippen LogP contribution in [0.4, 0.5) is 5.69 Å². The lowest BCUT2D eigenvalue weighted by Gasteiger charge is -2.16. The summed E-state index contributed by atoms with van der Waals surface area (Å²) in [4.78, 5) is 17.7. The number of nitrogens with zero attached hydrogens (tertiary/aromatic N) is 2. The van der Waals surface area contributed by atoms with E-state index in [0.29, 0.717) is 5.69 Å². The van der Waals surface area contributed by atoms with Crippen LogP contribution in [0.25, 0.3) is 11.3 Å². The van der Waals surface area contributed by atoms with Crippen LogP contribution in [0.15, 0.2) is 48.7 Å². The number of rotatable bonds is 3. The molecule has 1 fully saturated rings. The Morgan fingerprint density at radius 1 is 1.14 bits per heavy atom. The van der Waals surface area contributed by atoms with Gasteiger partial charge < -0.3 is 4.90 Å². The quantitative estimate of drug-likeness (QED) is 0.918. The molecule has 2 heterocycles. The van der Waals surface area contributed by atoms with Gasteiger partial charge in [0.05, 0.1) is 5.69 Å². The van der Waals surface area contributed by atoms with Crippen LogP contribution in [-0.4, -0.2) is 31.1 Å². The third-order valence-corrected chi connectivity index (χ3v) is 4.94. The van der Waals surface area contributed by atoms with Crippen LogP contribution in [0.5, 0.6) is 0 Å². The highest BCUT2D eigenvalue weighted by Gasteiger charge is 2.37. The molecular weight excluding hydrogens is 302 g/mol. The lowest BCUT2D eigenvalue weighted by molar-refractivity contribution is -0.117. The normalized spacial score (nSPS) is 18.7. The number of primary sulfonamides is 1. The Morgan fingerprint density at radius 3 is 2.41 bits per heavy atom. The maximum absolute atomic E-state index is 12.0. The highest BCUT2D eigenvalue weighted by atomic mass is 32.2. The Balaban J connectivity index is 1.83. The molecule has 2 aromatic rings. The molecule has 0 aliphatic carbocycles. The molecule has 0 spiro atoms. The van der Waals surface area contributed by atoms with Crippen LogP contribution >= 0.6 is 0 Å². The van der Waals surface area contributed by atoms with Crippen molar-refractivity contribution in [3.05, 3.63) is 48.7 Å². The Hall–Kier alpha value is -2.25. The van der Waals surface area contributed by atoms with Gasteiger partial charge in [-0.3, -0.25) is 9.78 Å². The zero-order chi connectivity index (χ0) is 15.7. The molecule has 0 bridgehead atoms. The van der Waals surface area contributed by atoms with Gasteiger partial charge in [-0.1, -0.05) is 18.2 Å². The van der Waals surface area contributed by atoms with Gasteiger partial charge in [-0.25, -0.2) is 13.6 Å². The average molecular weight is 317 g/mol. The third kappa shape index (κ3) is 2.86. The summed E-state index contributed by atoms with van der Waals surface area (Å²) in [5.74, 6) is -0.232. The largest absolute Gasteiger partial charge is 0.311 e. The lowest BCUT2D eigenvalue weighted by Crippen LogP contribution is -2.32. The van der Waals surface area contributed by atoms with E-state index in [1.165, 1.54) is 4.90 Å². The molecule has 1 unspecified atom stereocenters. The van der Waals surface area contributed by atoms with Crippen molar-refractivity contribution in [1.82, 2.24) is 4.98 Å². The van der Waals surface area contributed by atoms with Crippen molar-refractivity contribution in [2.24, 2.45) is 5.14 Å². The van der Waals surface area contributed by atoms with Crippen molar-refractivity contribution in [2.45, 2.75) is 11.7 Å². The molecule has 1 aromatic heterocycles. The molecule has 0 saturated carbocycles. The minimum absolute atomic E-state index is 0.0686. The molecule has 0 radical (unpaired) electrons. The van der Waals surface area contributed by atoms with Gasteiger partial charge in [0.15, 0.2) is 0 Å².